The molecule has 1 amide bonds. The average Bonchev–Trinajstić information content (AvgIpc) is 2.65. The Labute approximate surface area is 105 Å². The Morgan fingerprint density at radius 2 is 1.78 bits per heavy atom. The van der Waals surface area contributed by atoms with Crippen LogP contribution in [0, 0.1) is 0 Å². The summed E-state index contributed by atoms with van der Waals surface area (Å²) in [4.78, 5) is 14.3. The van der Waals surface area contributed by atoms with Crippen molar-refractivity contribution in [2.75, 3.05) is 13.1 Å². The quantitative estimate of drug-likeness (QED) is 0.714. The predicted octanol–water partition coefficient (Wildman–Crippen LogP) is 2.28. The number of aromatic nitrogens is 3. The van der Waals surface area contributed by atoms with E-state index in [1.165, 1.54) is 17.5 Å². The average molecular weight is 244 g/mol. The summed E-state index contributed by atoms with van der Waals surface area (Å²) in [6.07, 6.45) is 4.58. The van der Waals surface area contributed by atoms with Crippen LogP contribution in [0.3, 0.4) is 0 Å². The molecule has 1 aromatic heterocycles. The van der Waals surface area contributed by atoms with Crippen molar-refractivity contribution in [2.45, 2.75) is 25.7 Å². The highest BCUT2D eigenvalue weighted by molar-refractivity contribution is 5.87. The summed E-state index contributed by atoms with van der Waals surface area (Å²) in [5.74, 6) is 0. The van der Waals surface area contributed by atoms with Crippen molar-refractivity contribution in [2.24, 2.45) is 0 Å². The van der Waals surface area contributed by atoms with Crippen LogP contribution < -0.4 is 0 Å². The van der Waals surface area contributed by atoms with E-state index in [1.807, 2.05) is 29.2 Å². The van der Waals surface area contributed by atoms with Gasteiger partial charge in [0.25, 0.3) is 0 Å². The van der Waals surface area contributed by atoms with E-state index in [0.717, 1.165) is 37.0 Å². The highest BCUT2D eigenvalue weighted by Gasteiger charge is 2.19. The van der Waals surface area contributed by atoms with Gasteiger partial charge in [0, 0.05) is 13.1 Å². The zero-order valence-electron chi connectivity index (χ0n) is 10.2. The van der Waals surface area contributed by atoms with Crippen LogP contribution >= 0.6 is 0 Å². The van der Waals surface area contributed by atoms with Gasteiger partial charge in [0.2, 0.25) is 0 Å². The van der Waals surface area contributed by atoms with Crippen molar-refractivity contribution < 1.29 is 4.79 Å². The first-order chi connectivity index (χ1) is 8.86. The number of carbonyl (C=O) groups is 1. The molecule has 3 rings (SSSR count). The van der Waals surface area contributed by atoms with Crippen molar-refractivity contribution >= 4 is 17.1 Å². The van der Waals surface area contributed by atoms with Gasteiger partial charge >= 0.3 is 6.03 Å². The molecule has 1 fully saturated rings. The number of hydrogen-bond donors (Lipinski definition) is 0. The number of nitrogens with zero attached hydrogens (tertiary/aromatic N) is 4. The van der Waals surface area contributed by atoms with Gasteiger partial charge in [-0.25, -0.2) is 4.79 Å². The lowest BCUT2D eigenvalue weighted by atomic mass is 10.2. The number of benzene rings is 1. The third-order valence-electron chi connectivity index (χ3n) is 3.41. The summed E-state index contributed by atoms with van der Waals surface area (Å²) in [5.41, 5.74) is 1.55. The lowest BCUT2D eigenvalue weighted by molar-refractivity contribution is 0.199. The Morgan fingerprint density at radius 1 is 1.06 bits per heavy atom. The van der Waals surface area contributed by atoms with E-state index in [2.05, 4.69) is 10.3 Å². The zero-order valence-corrected chi connectivity index (χ0v) is 10.2. The number of rotatable bonds is 0. The summed E-state index contributed by atoms with van der Waals surface area (Å²) in [6, 6.07) is 7.50. The van der Waals surface area contributed by atoms with Gasteiger partial charge < -0.3 is 4.90 Å². The molecule has 94 valence electrons. The van der Waals surface area contributed by atoms with E-state index >= 15 is 0 Å². The normalized spacial score (nSPS) is 16.8. The molecule has 2 heterocycles. The van der Waals surface area contributed by atoms with Crippen molar-refractivity contribution in [1.82, 2.24) is 19.9 Å². The minimum atomic E-state index is -0.0504. The fourth-order valence-electron chi connectivity index (χ4n) is 2.41. The molecule has 5 heteroatoms. The van der Waals surface area contributed by atoms with Gasteiger partial charge in [0.15, 0.2) is 0 Å². The molecule has 0 bridgehead atoms. The van der Waals surface area contributed by atoms with Crippen LogP contribution in [0.5, 0.6) is 0 Å². The standard InChI is InChI=1S/C13H16N4O/c18-13(16-9-5-1-2-6-10-16)17-12-8-4-3-7-11(12)14-15-17/h3-4,7-8H,1-2,5-6,9-10H2. The Bertz CT molecular complexity index is 555. The zero-order chi connectivity index (χ0) is 12.4. The van der Waals surface area contributed by atoms with Crippen LogP contribution in [0.4, 0.5) is 4.79 Å². The number of likely N-dealkylation sites (tertiary alicyclic amines) is 1. The van der Waals surface area contributed by atoms with E-state index in [4.69, 9.17) is 0 Å². The van der Waals surface area contributed by atoms with Crippen molar-refractivity contribution in [3.8, 4) is 0 Å². The minimum Gasteiger partial charge on any atom is -0.323 e. The smallest absolute Gasteiger partial charge is 0.323 e. The second-order valence-corrected chi connectivity index (χ2v) is 4.67. The summed E-state index contributed by atoms with van der Waals surface area (Å²) < 4.78 is 1.42. The van der Waals surface area contributed by atoms with Gasteiger partial charge in [-0.1, -0.05) is 30.2 Å². The van der Waals surface area contributed by atoms with Crippen LogP contribution in [-0.2, 0) is 0 Å². The molecule has 18 heavy (non-hydrogen) atoms. The Hall–Kier alpha value is -1.91. The third kappa shape index (κ3) is 1.96. The Kier molecular flexibility index (Phi) is 2.96. The van der Waals surface area contributed by atoms with Crippen molar-refractivity contribution in [1.29, 1.82) is 0 Å². The van der Waals surface area contributed by atoms with Gasteiger partial charge in [-0.3, -0.25) is 0 Å². The molecule has 0 spiro atoms. The second-order valence-electron chi connectivity index (χ2n) is 4.67. The number of para-hydroxylation sites is 1. The first-order valence-corrected chi connectivity index (χ1v) is 6.46. The third-order valence-corrected chi connectivity index (χ3v) is 3.41. The topological polar surface area (TPSA) is 51.0 Å². The Balaban J connectivity index is 1.91. The predicted molar refractivity (Wildman–Crippen MR) is 68.4 cm³/mol. The molecule has 0 atom stereocenters. The second kappa shape index (κ2) is 4.76. The van der Waals surface area contributed by atoms with Crippen molar-refractivity contribution in [3.05, 3.63) is 24.3 Å². The fraction of sp³-hybridized carbons (Fsp3) is 0.462. The van der Waals surface area contributed by atoms with Gasteiger partial charge in [-0.15, -0.1) is 5.10 Å². The maximum atomic E-state index is 12.4. The molecule has 1 aromatic carbocycles. The molecule has 0 unspecified atom stereocenters. The minimum absolute atomic E-state index is 0.0504. The molecule has 0 aliphatic carbocycles. The van der Waals surface area contributed by atoms with E-state index in [1.54, 1.807) is 0 Å². The summed E-state index contributed by atoms with van der Waals surface area (Å²) >= 11 is 0. The summed E-state index contributed by atoms with van der Waals surface area (Å²) in [5, 5.41) is 8.00. The highest BCUT2D eigenvalue weighted by atomic mass is 16.2. The molecule has 0 N–H and O–H groups in total. The van der Waals surface area contributed by atoms with Crippen molar-refractivity contribution in [3.63, 3.8) is 0 Å². The van der Waals surface area contributed by atoms with Crippen LogP contribution in [0.15, 0.2) is 24.3 Å². The van der Waals surface area contributed by atoms with Crippen LogP contribution in [0.25, 0.3) is 11.0 Å². The molecule has 0 saturated carbocycles. The van der Waals surface area contributed by atoms with Gasteiger partial charge in [-0.2, -0.15) is 4.68 Å². The monoisotopic (exact) mass is 244 g/mol. The summed E-state index contributed by atoms with van der Waals surface area (Å²) in [6.45, 7) is 1.65. The number of carbonyl (C=O) groups excluding carboxylic acids is 1. The maximum absolute atomic E-state index is 12.4. The van der Waals surface area contributed by atoms with E-state index in [-0.39, 0.29) is 6.03 Å². The van der Waals surface area contributed by atoms with E-state index in [9.17, 15) is 4.79 Å². The lowest BCUT2D eigenvalue weighted by Crippen LogP contribution is -2.36. The number of amides is 1. The summed E-state index contributed by atoms with van der Waals surface area (Å²) in [7, 11) is 0. The number of hydrogen-bond acceptors (Lipinski definition) is 3. The largest absolute Gasteiger partial charge is 0.346 e. The molecule has 0 radical (unpaired) electrons. The SMILES string of the molecule is O=C(N1CCCCCC1)n1nnc2ccccc21. The van der Waals surface area contributed by atoms with Crippen LogP contribution in [-0.4, -0.2) is 39.0 Å². The molecule has 1 aliphatic rings. The van der Waals surface area contributed by atoms with E-state index < -0.39 is 0 Å². The molecule has 5 nitrogen and oxygen atoms in total. The first kappa shape index (κ1) is 11.2. The molecule has 1 saturated heterocycles. The number of fused-ring (bicyclic) bond motifs is 1. The molecule has 2 aromatic rings. The molecule has 1 aliphatic heterocycles. The fourth-order valence-corrected chi connectivity index (χ4v) is 2.41. The van der Waals surface area contributed by atoms with E-state index in [0.29, 0.717) is 0 Å². The maximum Gasteiger partial charge on any atom is 0.346 e. The Morgan fingerprint density at radius 3 is 2.56 bits per heavy atom. The van der Waals surface area contributed by atoms with Gasteiger partial charge in [0.1, 0.15) is 5.52 Å². The lowest BCUT2D eigenvalue weighted by Gasteiger charge is -2.19. The van der Waals surface area contributed by atoms with Gasteiger partial charge in [-0.05, 0) is 25.0 Å². The molecular formula is C13H16N4O. The highest BCUT2D eigenvalue weighted by Crippen LogP contribution is 2.14. The van der Waals surface area contributed by atoms with Crippen LogP contribution in [0.1, 0.15) is 25.7 Å². The first-order valence-electron chi connectivity index (χ1n) is 6.46. The molecular weight excluding hydrogens is 228 g/mol. The van der Waals surface area contributed by atoms with Gasteiger partial charge in [0.05, 0.1) is 5.52 Å². The van der Waals surface area contributed by atoms with Crippen LogP contribution in [0.2, 0.25) is 0 Å².